The van der Waals surface area contributed by atoms with Gasteiger partial charge in [0, 0.05) is 17.9 Å². The van der Waals surface area contributed by atoms with Gasteiger partial charge in [-0.2, -0.15) is 0 Å². The van der Waals surface area contributed by atoms with Crippen molar-refractivity contribution in [2.24, 2.45) is 0 Å². The molecule has 1 aromatic heterocycles. The van der Waals surface area contributed by atoms with E-state index in [1.54, 1.807) is 11.8 Å². The van der Waals surface area contributed by atoms with Gasteiger partial charge in [-0.3, -0.25) is 4.79 Å². The lowest BCUT2D eigenvalue weighted by molar-refractivity contribution is 0.0953. The fraction of sp³-hybridized carbons (Fsp3) is 0.222. The maximum Gasteiger partial charge on any atom is 0.251 e. The van der Waals surface area contributed by atoms with E-state index in [-0.39, 0.29) is 5.91 Å². The number of benzene rings is 2. The van der Waals surface area contributed by atoms with E-state index >= 15 is 0 Å². The molecule has 0 atom stereocenters. The highest BCUT2D eigenvalue weighted by Gasteiger charge is 2.06. The number of carbonyl (C=O) groups excluding carboxylic acids is 1. The highest BCUT2D eigenvalue weighted by molar-refractivity contribution is 7.98. The number of nitrogens with one attached hydrogen (secondary N) is 2. The number of fused-ring (bicyclic) bond motifs is 1. The van der Waals surface area contributed by atoms with Crippen molar-refractivity contribution in [3.63, 3.8) is 0 Å². The van der Waals surface area contributed by atoms with E-state index < -0.39 is 0 Å². The number of aromatic amines is 1. The van der Waals surface area contributed by atoms with E-state index in [2.05, 4.69) is 15.3 Å². The second kappa shape index (κ2) is 7.33. The van der Waals surface area contributed by atoms with Crippen LogP contribution >= 0.6 is 11.8 Å². The molecule has 1 heterocycles. The number of para-hydroxylation sites is 2. The number of imidazole rings is 1. The molecule has 0 aliphatic carbocycles. The molecule has 1 amide bonds. The van der Waals surface area contributed by atoms with Gasteiger partial charge in [-0.1, -0.05) is 43.0 Å². The van der Waals surface area contributed by atoms with Crippen molar-refractivity contribution in [1.29, 1.82) is 0 Å². The van der Waals surface area contributed by atoms with Gasteiger partial charge in [-0.25, -0.2) is 4.98 Å². The highest BCUT2D eigenvalue weighted by atomic mass is 32.2. The fourth-order valence-electron chi connectivity index (χ4n) is 2.24. The minimum Gasteiger partial charge on any atom is -0.352 e. The summed E-state index contributed by atoms with van der Waals surface area (Å²) in [5, 5.41) is 3.79. The number of thioether (sulfide) groups is 1. The summed E-state index contributed by atoms with van der Waals surface area (Å²) in [6.45, 7) is 2.75. The van der Waals surface area contributed by atoms with Crippen molar-refractivity contribution in [2.45, 2.75) is 24.3 Å². The SMILES string of the molecule is CCCNC(=O)c1ccc(CSc2nc3ccccc3[nH]2)cc1. The smallest absolute Gasteiger partial charge is 0.251 e. The van der Waals surface area contributed by atoms with Gasteiger partial charge in [-0.15, -0.1) is 0 Å². The van der Waals surface area contributed by atoms with Gasteiger partial charge < -0.3 is 10.3 Å². The lowest BCUT2D eigenvalue weighted by Gasteiger charge is -2.04. The zero-order valence-electron chi connectivity index (χ0n) is 13.0. The zero-order chi connectivity index (χ0) is 16.1. The molecule has 0 unspecified atom stereocenters. The van der Waals surface area contributed by atoms with Crippen LogP contribution in [-0.4, -0.2) is 22.4 Å². The maximum absolute atomic E-state index is 11.9. The molecule has 0 aliphatic rings. The first-order chi connectivity index (χ1) is 11.3. The molecular formula is C18H19N3OS. The molecule has 0 saturated heterocycles. The minimum atomic E-state index is -0.0108. The second-order valence-electron chi connectivity index (χ2n) is 5.30. The highest BCUT2D eigenvalue weighted by Crippen LogP contribution is 2.23. The number of hydrogen-bond acceptors (Lipinski definition) is 3. The van der Waals surface area contributed by atoms with Crippen LogP contribution in [0.5, 0.6) is 0 Å². The standard InChI is InChI=1S/C18H19N3OS/c1-2-11-19-17(22)14-9-7-13(8-10-14)12-23-18-20-15-5-3-4-6-16(15)21-18/h3-10H,2,11-12H2,1H3,(H,19,22)(H,20,21). The van der Waals surface area contributed by atoms with Gasteiger partial charge in [0.25, 0.3) is 5.91 Å². The number of amides is 1. The predicted octanol–water partition coefficient (Wildman–Crippen LogP) is 4.00. The summed E-state index contributed by atoms with van der Waals surface area (Å²) in [7, 11) is 0. The van der Waals surface area contributed by atoms with Gasteiger partial charge in [0.1, 0.15) is 0 Å². The number of nitrogens with zero attached hydrogens (tertiary/aromatic N) is 1. The van der Waals surface area contributed by atoms with Crippen molar-refractivity contribution in [3.8, 4) is 0 Å². The van der Waals surface area contributed by atoms with E-state index in [9.17, 15) is 4.79 Å². The van der Waals surface area contributed by atoms with Crippen LogP contribution in [0.2, 0.25) is 0 Å². The number of aromatic nitrogens is 2. The van der Waals surface area contributed by atoms with E-state index in [1.807, 2.05) is 55.5 Å². The van der Waals surface area contributed by atoms with Crippen LogP contribution in [0.15, 0.2) is 53.7 Å². The van der Waals surface area contributed by atoms with Gasteiger partial charge in [0.05, 0.1) is 11.0 Å². The summed E-state index contributed by atoms with van der Waals surface area (Å²) in [5.74, 6) is 0.805. The quantitative estimate of drug-likeness (QED) is 0.674. The lowest BCUT2D eigenvalue weighted by atomic mass is 10.1. The van der Waals surface area contributed by atoms with Gasteiger partial charge in [0.15, 0.2) is 5.16 Å². The molecule has 3 aromatic rings. The van der Waals surface area contributed by atoms with Crippen LogP contribution in [0.25, 0.3) is 11.0 Å². The van der Waals surface area contributed by atoms with Crippen LogP contribution < -0.4 is 5.32 Å². The summed E-state index contributed by atoms with van der Waals surface area (Å²) in [6, 6.07) is 15.7. The summed E-state index contributed by atoms with van der Waals surface area (Å²) in [6.07, 6.45) is 0.942. The molecule has 0 bridgehead atoms. The van der Waals surface area contributed by atoms with Gasteiger partial charge in [-0.05, 0) is 36.2 Å². The Morgan fingerprint density at radius 3 is 2.70 bits per heavy atom. The van der Waals surface area contributed by atoms with Crippen LogP contribution in [-0.2, 0) is 5.75 Å². The molecule has 2 N–H and O–H groups in total. The number of carbonyl (C=O) groups is 1. The lowest BCUT2D eigenvalue weighted by Crippen LogP contribution is -2.23. The molecule has 4 nitrogen and oxygen atoms in total. The number of rotatable bonds is 6. The molecular weight excluding hydrogens is 306 g/mol. The molecule has 23 heavy (non-hydrogen) atoms. The van der Waals surface area contributed by atoms with Crippen molar-refractivity contribution >= 4 is 28.7 Å². The average Bonchev–Trinajstić information content (AvgIpc) is 3.01. The third kappa shape index (κ3) is 3.93. The first-order valence-corrected chi connectivity index (χ1v) is 8.69. The molecule has 3 rings (SSSR count). The Labute approximate surface area is 139 Å². The summed E-state index contributed by atoms with van der Waals surface area (Å²) in [5.41, 5.74) is 3.91. The number of hydrogen-bond donors (Lipinski definition) is 2. The van der Waals surface area contributed by atoms with E-state index in [4.69, 9.17) is 0 Å². The largest absolute Gasteiger partial charge is 0.352 e. The van der Waals surface area contributed by atoms with Crippen molar-refractivity contribution in [1.82, 2.24) is 15.3 Å². The van der Waals surface area contributed by atoms with E-state index in [0.717, 1.165) is 28.4 Å². The molecule has 0 aliphatic heterocycles. The molecule has 2 aromatic carbocycles. The third-order valence-corrected chi connectivity index (χ3v) is 4.44. The molecule has 0 fully saturated rings. The number of H-pyrrole nitrogens is 1. The van der Waals surface area contributed by atoms with Crippen LogP contribution in [0, 0.1) is 0 Å². The molecule has 118 valence electrons. The summed E-state index contributed by atoms with van der Waals surface area (Å²) < 4.78 is 0. The zero-order valence-corrected chi connectivity index (χ0v) is 13.8. The fourth-order valence-corrected chi connectivity index (χ4v) is 3.08. The molecule has 0 spiro atoms. The Balaban J connectivity index is 1.61. The normalized spacial score (nSPS) is 10.8. The first-order valence-electron chi connectivity index (χ1n) is 7.71. The van der Waals surface area contributed by atoms with E-state index in [1.165, 1.54) is 5.56 Å². The Morgan fingerprint density at radius 1 is 1.17 bits per heavy atom. The third-order valence-electron chi connectivity index (χ3n) is 3.49. The minimum absolute atomic E-state index is 0.0108. The predicted molar refractivity (Wildman–Crippen MR) is 94.7 cm³/mol. The first kappa shape index (κ1) is 15.6. The second-order valence-corrected chi connectivity index (χ2v) is 6.26. The van der Waals surface area contributed by atoms with E-state index in [0.29, 0.717) is 12.1 Å². The Morgan fingerprint density at radius 2 is 1.96 bits per heavy atom. The van der Waals surface area contributed by atoms with Crippen molar-refractivity contribution in [2.75, 3.05) is 6.54 Å². The van der Waals surface area contributed by atoms with Crippen LogP contribution in [0.4, 0.5) is 0 Å². The molecule has 5 heteroatoms. The average molecular weight is 325 g/mol. The van der Waals surface area contributed by atoms with Crippen LogP contribution in [0.1, 0.15) is 29.3 Å². The summed E-state index contributed by atoms with van der Waals surface area (Å²) in [4.78, 5) is 19.7. The molecule has 0 saturated carbocycles. The van der Waals surface area contributed by atoms with Crippen LogP contribution in [0.3, 0.4) is 0 Å². The topological polar surface area (TPSA) is 57.8 Å². The Hall–Kier alpha value is -2.27. The van der Waals surface area contributed by atoms with Crippen molar-refractivity contribution in [3.05, 3.63) is 59.7 Å². The molecule has 0 radical (unpaired) electrons. The Kier molecular flexibility index (Phi) is 4.98. The summed E-state index contributed by atoms with van der Waals surface area (Å²) >= 11 is 1.66. The van der Waals surface area contributed by atoms with Gasteiger partial charge in [0.2, 0.25) is 0 Å². The Bertz CT molecular complexity index is 762. The monoisotopic (exact) mass is 325 g/mol. The van der Waals surface area contributed by atoms with Crippen molar-refractivity contribution < 1.29 is 4.79 Å². The van der Waals surface area contributed by atoms with Gasteiger partial charge >= 0.3 is 0 Å². The maximum atomic E-state index is 11.9.